The number of aromatic nitrogens is 3. The lowest BCUT2D eigenvalue weighted by Gasteiger charge is -2.32. The number of hydrogen-bond donors (Lipinski definition) is 1. The molecule has 2 aromatic heterocycles. The van der Waals surface area contributed by atoms with E-state index in [2.05, 4.69) is 38.6 Å². The number of hydrogen-bond acceptors (Lipinski definition) is 5. The number of piperidine rings is 1. The molecule has 28 heavy (non-hydrogen) atoms. The number of aryl methyl sites for hydroxylation is 1. The van der Waals surface area contributed by atoms with Crippen LogP contribution in [0.3, 0.4) is 0 Å². The summed E-state index contributed by atoms with van der Waals surface area (Å²) in [5.41, 5.74) is 0.592. The number of pyridine rings is 1. The average Bonchev–Trinajstić information content (AvgIpc) is 3.20. The summed E-state index contributed by atoms with van der Waals surface area (Å²) in [6.07, 6.45) is 8.79. The first-order valence-corrected chi connectivity index (χ1v) is 10.1. The van der Waals surface area contributed by atoms with Crippen molar-refractivity contribution in [3.05, 3.63) is 42.1 Å². The molecule has 1 aliphatic rings. The molecule has 0 radical (unpaired) electrons. The van der Waals surface area contributed by atoms with Crippen LogP contribution in [-0.2, 0) is 11.3 Å². The Morgan fingerprint density at radius 2 is 2.21 bits per heavy atom. The summed E-state index contributed by atoms with van der Waals surface area (Å²) in [6, 6.07) is 3.77. The van der Waals surface area contributed by atoms with Crippen molar-refractivity contribution < 1.29 is 9.53 Å². The Morgan fingerprint density at radius 1 is 1.36 bits per heavy atom. The lowest BCUT2D eigenvalue weighted by molar-refractivity contribution is 0.0891. The zero-order valence-electron chi connectivity index (χ0n) is 17.1. The molecule has 0 bridgehead atoms. The molecule has 0 saturated carbocycles. The van der Waals surface area contributed by atoms with Crippen LogP contribution in [0, 0.1) is 0 Å². The van der Waals surface area contributed by atoms with Crippen molar-refractivity contribution in [1.82, 2.24) is 19.9 Å². The van der Waals surface area contributed by atoms with Crippen LogP contribution >= 0.6 is 0 Å². The molecule has 7 heteroatoms. The maximum Gasteiger partial charge on any atom is 0.252 e. The largest absolute Gasteiger partial charge is 0.380 e. The Bertz CT molecular complexity index is 756. The first kappa shape index (κ1) is 20.3. The molecule has 0 spiro atoms. The minimum atomic E-state index is -0.0813. The molecule has 1 saturated heterocycles. The van der Waals surface area contributed by atoms with Crippen LogP contribution in [-0.4, -0.2) is 53.3 Å². The van der Waals surface area contributed by atoms with Gasteiger partial charge in [-0.1, -0.05) is 13.8 Å². The molecular weight excluding hydrogens is 354 g/mol. The van der Waals surface area contributed by atoms with Gasteiger partial charge in [-0.2, -0.15) is 0 Å². The second-order valence-corrected chi connectivity index (χ2v) is 7.59. The van der Waals surface area contributed by atoms with Gasteiger partial charge >= 0.3 is 0 Å². The summed E-state index contributed by atoms with van der Waals surface area (Å²) >= 11 is 0. The molecule has 1 N–H and O–H groups in total. The van der Waals surface area contributed by atoms with Crippen LogP contribution in [0.25, 0.3) is 0 Å². The van der Waals surface area contributed by atoms with E-state index in [0.717, 1.165) is 50.5 Å². The molecule has 1 aliphatic heterocycles. The van der Waals surface area contributed by atoms with Gasteiger partial charge in [-0.15, -0.1) is 0 Å². The number of ether oxygens (including phenoxy) is 1. The van der Waals surface area contributed by atoms with Crippen LogP contribution in [0.5, 0.6) is 0 Å². The highest BCUT2D eigenvalue weighted by atomic mass is 16.5. The van der Waals surface area contributed by atoms with E-state index in [1.54, 1.807) is 13.3 Å². The lowest BCUT2D eigenvalue weighted by Crippen LogP contribution is -2.39. The van der Waals surface area contributed by atoms with Gasteiger partial charge in [-0.05, 0) is 31.4 Å². The van der Waals surface area contributed by atoms with Crippen molar-refractivity contribution in [2.45, 2.75) is 51.7 Å². The first-order chi connectivity index (χ1) is 13.6. The quantitative estimate of drug-likeness (QED) is 0.708. The lowest BCUT2D eigenvalue weighted by atomic mass is 10.1. The van der Waals surface area contributed by atoms with Crippen LogP contribution in [0.4, 0.5) is 5.82 Å². The fourth-order valence-electron chi connectivity index (χ4n) is 3.61. The highest BCUT2D eigenvalue weighted by Gasteiger charge is 2.20. The van der Waals surface area contributed by atoms with E-state index in [9.17, 15) is 4.79 Å². The number of nitrogens with zero attached hydrogens (tertiary/aromatic N) is 4. The maximum atomic E-state index is 12.4. The van der Waals surface area contributed by atoms with Gasteiger partial charge in [-0.25, -0.2) is 9.97 Å². The van der Waals surface area contributed by atoms with Crippen molar-refractivity contribution >= 4 is 11.7 Å². The highest BCUT2D eigenvalue weighted by Crippen LogP contribution is 2.19. The zero-order valence-corrected chi connectivity index (χ0v) is 17.1. The first-order valence-electron chi connectivity index (χ1n) is 10.1. The predicted molar refractivity (Wildman–Crippen MR) is 110 cm³/mol. The van der Waals surface area contributed by atoms with E-state index >= 15 is 0 Å². The van der Waals surface area contributed by atoms with Gasteiger partial charge in [0.25, 0.3) is 5.91 Å². The summed E-state index contributed by atoms with van der Waals surface area (Å²) < 4.78 is 7.62. The summed E-state index contributed by atoms with van der Waals surface area (Å²) in [6.45, 7) is 7.57. The van der Waals surface area contributed by atoms with Crippen molar-refractivity contribution in [3.8, 4) is 0 Å². The van der Waals surface area contributed by atoms with E-state index in [1.807, 2.05) is 24.5 Å². The second-order valence-electron chi connectivity index (χ2n) is 7.59. The molecule has 0 aliphatic carbocycles. The molecule has 7 nitrogen and oxygen atoms in total. The van der Waals surface area contributed by atoms with E-state index < -0.39 is 0 Å². The second kappa shape index (κ2) is 9.68. The number of carbonyl (C=O) groups excluding carboxylic acids is 1. The third kappa shape index (κ3) is 5.10. The minimum absolute atomic E-state index is 0.0813. The average molecular weight is 386 g/mol. The molecule has 0 unspecified atom stereocenters. The molecule has 3 heterocycles. The number of imidazole rings is 1. The van der Waals surface area contributed by atoms with Crippen LogP contribution < -0.4 is 10.2 Å². The minimum Gasteiger partial charge on any atom is -0.380 e. The molecule has 152 valence electrons. The van der Waals surface area contributed by atoms with Gasteiger partial charge in [0, 0.05) is 57.8 Å². The van der Waals surface area contributed by atoms with Gasteiger partial charge in [-0.3, -0.25) is 4.79 Å². The van der Waals surface area contributed by atoms with Crippen molar-refractivity contribution in [2.24, 2.45) is 0 Å². The molecular formula is C21H31N5O2. The van der Waals surface area contributed by atoms with E-state index in [-0.39, 0.29) is 12.0 Å². The predicted octanol–water partition coefficient (Wildman–Crippen LogP) is 2.84. The van der Waals surface area contributed by atoms with Crippen LogP contribution in [0.1, 0.15) is 55.2 Å². The SMILES string of the molecule is CO[C@@H]1CCCN(c2ccc(C(=O)NCCCn3ccnc3C(C)C)cn2)C1. The van der Waals surface area contributed by atoms with Gasteiger partial charge in [0.1, 0.15) is 11.6 Å². The van der Waals surface area contributed by atoms with E-state index in [4.69, 9.17) is 4.74 Å². The molecule has 1 amide bonds. The third-order valence-electron chi connectivity index (χ3n) is 5.17. The Kier molecular flexibility index (Phi) is 7.03. The molecule has 1 fully saturated rings. The van der Waals surface area contributed by atoms with Gasteiger partial charge in [0.05, 0.1) is 11.7 Å². The number of methoxy groups -OCH3 is 1. The van der Waals surface area contributed by atoms with Crippen molar-refractivity contribution in [2.75, 3.05) is 31.6 Å². The number of nitrogens with one attached hydrogen (secondary N) is 1. The zero-order chi connectivity index (χ0) is 19.9. The van der Waals surface area contributed by atoms with Crippen LogP contribution in [0.2, 0.25) is 0 Å². The van der Waals surface area contributed by atoms with Gasteiger partial charge in [0.15, 0.2) is 0 Å². The van der Waals surface area contributed by atoms with Crippen molar-refractivity contribution in [3.63, 3.8) is 0 Å². The molecule has 0 aromatic carbocycles. The summed E-state index contributed by atoms with van der Waals surface area (Å²) in [5.74, 6) is 2.30. The van der Waals surface area contributed by atoms with Crippen LogP contribution in [0.15, 0.2) is 30.7 Å². The molecule has 3 rings (SSSR count). The van der Waals surface area contributed by atoms with Gasteiger partial charge < -0.3 is 19.5 Å². The van der Waals surface area contributed by atoms with E-state index in [1.165, 1.54) is 0 Å². The topological polar surface area (TPSA) is 72.3 Å². The number of anilines is 1. The summed E-state index contributed by atoms with van der Waals surface area (Å²) in [4.78, 5) is 23.5. The standard InChI is InChI=1S/C21H31N5O2/c1-16(2)20-22-10-13-25(20)12-5-9-23-21(27)17-7-8-19(24-14-17)26-11-4-6-18(15-26)28-3/h7-8,10,13-14,16,18H,4-6,9,11-12,15H2,1-3H3,(H,23,27)/t18-/m1/s1. The Hall–Kier alpha value is -2.41. The van der Waals surface area contributed by atoms with E-state index in [0.29, 0.717) is 18.0 Å². The Balaban J connectivity index is 1.46. The van der Waals surface area contributed by atoms with Gasteiger partial charge in [0.2, 0.25) is 0 Å². The third-order valence-corrected chi connectivity index (χ3v) is 5.17. The number of carbonyl (C=O) groups is 1. The smallest absolute Gasteiger partial charge is 0.252 e. The Labute approximate surface area is 167 Å². The molecule has 1 atom stereocenters. The highest BCUT2D eigenvalue weighted by molar-refractivity contribution is 5.94. The van der Waals surface area contributed by atoms with Crippen molar-refractivity contribution in [1.29, 1.82) is 0 Å². The summed E-state index contributed by atoms with van der Waals surface area (Å²) in [7, 11) is 1.76. The Morgan fingerprint density at radius 3 is 2.93 bits per heavy atom. The maximum absolute atomic E-state index is 12.4. The number of rotatable bonds is 8. The number of amides is 1. The fourth-order valence-corrected chi connectivity index (χ4v) is 3.61. The fraction of sp³-hybridized carbons (Fsp3) is 0.571. The monoisotopic (exact) mass is 385 g/mol. The normalized spacial score (nSPS) is 17.1. The molecule has 2 aromatic rings. The summed E-state index contributed by atoms with van der Waals surface area (Å²) in [5, 5.41) is 2.98.